The molecule has 0 rings (SSSR count). The maximum atomic E-state index is 0. The quantitative estimate of drug-likeness (QED) is 0.431. The van der Waals surface area contributed by atoms with Gasteiger partial charge in [-0.15, -0.1) is 0 Å². The molecule has 0 aromatic rings. The van der Waals surface area contributed by atoms with E-state index in [4.69, 9.17) is 0 Å². The van der Waals surface area contributed by atoms with Crippen molar-refractivity contribution in [1.29, 1.82) is 0 Å². The topological polar surface area (TPSA) is 0 Å². The van der Waals surface area contributed by atoms with Crippen LogP contribution in [0.2, 0.25) is 0 Å². The van der Waals surface area contributed by atoms with Crippen molar-refractivity contribution < 1.29 is 34.1 Å². The van der Waals surface area contributed by atoms with Crippen molar-refractivity contribution in [2.75, 3.05) is 0 Å². The van der Waals surface area contributed by atoms with E-state index in [1.165, 1.54) is 0 Å². The van der Waals surface area contributed by atoms with Crippen molar-refractivity contribution in [2.45, 2.75) is 0 Å². The average molecular weight is 198 g/mol. The Labute approximate surface area is 121 Å². The summed E-state index contributed by atoms with van der Waals surface area (Å²) in [6.45, 7) is 0. The second-order valence-corrected chi connectivity index (χ2v) is 0. The van der Waals surface area contributed by atoms with E-state index in [2.05, 4.69) is 0 Å². The normalized spacial score (nSPS) is 0. The van der Waals surface area contributed by atoms with Gasteiger partial charge in [0.2, 0.25) is 0 Å². The van der Waals surface area contributed by atoms with E-state index in [0.717, 1.165) is 0 Å². The Bertz CT molecular complexity index is 11.6. The predicted octanol–water partition coefficient (Wildman–Crippen LogP) is -1.15. The summed E-state index contributed by atoms with van der Waals surface area (Å²) < 4.78 is 0. The molecule has 0 aromatic carbocycles. The van der Waals surface area contributed by atoms with Crippen molar-refractivity contribution >= 4 is 90.3 Å². The van der Waals surface area contributed by atoms with Gasteiger partial charge in [-0.25, -0.2) is 0 Å². The molecule has 0 nitrogen and oxygen atoms in total. The van der Waals surface area contributed by atoms with Gasteiger partial charge in [0.25, 0.3) is 0 Å². The van der Waals surface area contributed by atoms with Crippen LogP contribution in [0, 0.1) is 0 Å². The van der Waals surface area contributed by atoms with Crippen molar-refractivity contribution in [3.8, 4) is 0 Å². The van der Waals surface area contributed by atoms with Gasteiger partial charge < -0.3 is 0 Å². The van der Waals surface area contributed by atoms with Gasteiger partial charge in [-0.2, -0.15) is 0 Å². The molecule has 0 unspecified atom stereocenters. The third-order valence-corrected chi connectivity index (χ3v) is 0. The first kappa shape index (κ1) is 35.7. The van der Waals surface area contributed by atoms with Gasteiger partial charge >= 0.3 is 0 Å². The Hall–Kier alpha value is 4.06. The summed E-state index contributed by atoms with van der Waals surface area (Å²) in [6.07, 6.45) is 0. The second-order valence-electron chi connectivity index (χ2n) is 0. The molecule has 0 saturated heterocycles. The molecule has 0 aromatic heterocycles. The molecule has 0 saturated carbocycles. The fourth-order valence-corrected chi connectivity index (χ4v) is 0. The van der Waals surface area contributed by atoms with Gasteiger partial charge in [-0.1, -0.05) is 0 Å². The maximum Gasteiger partial charge on any atom is 0 e. The van der Waals surface area contributed by atoms with Crippen molar-refractivity contribution in [3.05, 3.63) is 0 Å². The smallest absolute Gasteiger partial charge is 0 e. The molecular formula is CaFeMgMnNa. The number of hydrogen-bond donors (Lipinski definition) is 0. The molecule has 0 amide bonds. The minimum atomic E-state index is 0. The molecule has 0 heterocycles. The SMILES string of the molecule is [Ca].[Fe].[Mg].[Mn].[Na]. The molecule has 20 valence electrons. The molecule has 0 atom stereocenters. The molecule has 0 aliphatic carbocycles. The van der Waals surface area contributed by atoms with Gasteiger partial charge in [0.15, 0.2) is 0 Å². The van der Waals surface area contributed by atoms with Crippen LogP contribution in [-0.2, 0) is 34.1 Å². The van der Waals surface area contributed by atoms with Crippen LogP contribution in [0.5, 0.6) is 0 Å². The monoisotopic (exact) mass is 198 g/mol. The van der Waals surface area contributed by atoms with E-state index in [1.807, 2.05) is 0 Å². The molecule has 0 aliphatic heterocycles. The van der Waals surface area contributed by atoms with Gasteiger partial charge in [0, 0.05) is 124 Å². The minimum Gasteiger partial charge on any atom is 0 e. The zero-order valence-corrected chi connectivity index (χ0v) is 11.1. The van der Waals surface area contributed by atoms with Crippen LogP contribution in [0.15, 0.2) is 0 Å². The first-order valence-electron chi connectivity index (χ1n) is 0. The second kappa shape index (κ2) is 24.4. The van der Waals surface area contributed by atoms with Crippen LogP contribution in [0.1, 0.15) is 0 Å². The standard InChI is InChI=1S/Ca.Fe.Mg.Mn.Na. The van der Waals surface area contributed by atoms with E-state index in [1.54, 1.807) is 0 Å². The molecule has 0 fully saturated rings. The first-order chi connectivity index (χ1) is 0. The van der Waals surface area contributed by atoms with E-state index in [9.17, 15) is 0 Å². The zero-order valence-electron chi connectivity index (χ0n) is 3.15. The summed E-state index contributed by atoms with van der Waals surface area (Å²) in [6, 6.07) is 0. The largest absolute Gasteiger partial charge is 0 e. The Kier molecular flexibility index (Phi) is 174. The molecule has 0 bridgehead atoms. The molecule has 5 heteroatoms. The summed E-state index contributed by atoms with van der Waals surface area (Å²) in [5, 5.41) is 0. The Balaban J connectivity index is 0. The molecule has 6 radical (unpaired) electrons. The van der Waals surface area contributed by atoms with Crippen molar-refractivity contribution in [1.82, 2.24) is 0 Å². The molecule has 0 aliphatic rings. The van der Waals surface area contributed by atoms with E-state index >= 15 is 0 Å². The van der Waals surface area contributed by atoms with Crippen LogP contribution < -0.4 is 0 Å². The third-order valence-electron chi connectivity index (χ3n) is 0. The van der Waals surface area contributed by atoms with E-state index in [0.29, 0.717) is 0 Å². The summed E-state index contributed by atoms with van der Waals surface area (Å²) in [5.74, 6) is 0. The molecule has 5 heavy (non-hydrogen) atoms. The maximum absolute atomic E-state index is 0. The van der Waals surface area contributed by atoms with Gasteiger partial charge in [0.05, 0.1) is 0 Å². The Morgan fingerprint density at radius 2 is 1.00 bits per heavy atom. The van der Waals surface area contributed by atoms with Gasteiger partial charge in [-0.05, 0) is 0 Å². The Morgan fingerprint density at radius 3 is 1.00 bits per heavy atom. The zero-order chi connectivity index (χ0) is 0. The minimum absolute atomic E-state index is 0. The predicted molar refractivity (Wildman–Crippen MR) is 17.3 cm³/mol. The van der Waals surface area contributed by atoms with Crippen molar-refractivity contribution in [2.24, 2.45) is 0 Å². The average Bonchev–Trinajstić information content (AvgIpc) is 0. The third kappa shape index (κ3) is 18.0. The molecule has 0 spiro atoms. The molecule has 0 N–H and O–H groups in total. The molecular weight excluding hydrogens is 198 g/mol. The summed E-state index contributed by atoms with van der Waals surface area (Å²) in [7, 11) is 0. The summed E-state index contributed by atoms with van der Waals surface area (Å²) in [4.78, 5) is 0. The number of rotatable bonds is 0. The van der Waals surface area contributed by atoms with Crippen LogP contribution in [0.3, 0.4) is 0 Å². The summed E-state index contributed by atoms with van der Waals surface area (Å²) >= 11 is 0. The van der Waals surface area contributed by atoms with Gasteiger partial charge in [0.1, 0.15) is 0 Å². The van der Waals surface area contributed by atoms with Crippen LogP contribution in [-0.4, -0.2) is 90.3 Å². The fourth-order valence-electron chi connectivity index (χ4n) is 0. The first-order valence-corrected chi connectivity index (χ1v) is 0. The van der Waals surface area contributed by atoms with Crippen LogP contribution in [0.25, 0.3) is 0 Å². The van der Waals surface area contributed by atoms with E-state index in [-0.39, 0.29) is 124 Å². The van der Waals surface area contributed by atoms with Crippen molar-refractivity contribution in [3.63, 3.8) is 0 Å². The van der Waals surface area contributed by atoms with Crippen LogP contribution in [0.4, 0.5) is 0 Å². The van der Waals surface area contributed by atoms with Gasteiger partial charge in [-0.3, -0.25) is 0 Å². The number of hydrogen-bond acceptors (Lipinski definition) is 0. The van der Waals surface area contributed by atoms with Crippen LogP contribution >= 0.6 is 0 Å². The van der Waals surface area contributed by atoms with E-state index < -0.39 is 0 Å². The Morgan fingerprint density at radius 1 is 1.00 bits per heavy atom. The summed E-state index contributed by atoms with van der Waals surface area (Å²) in [5.41, 5.74) is 0. The fraction of sp³-hybridized carbons (Fsp3) is 0.